The summed E-state index contributed by atoms with van der Waals surface area (Å²) in [4.78, 5) is 11.3. The maximum atomic E-state index is 11.3. The third kappa shape index (κ3) is 18.0. The van der Waals surface area contributed by atoms with E-state index in [-0.39, 0.29) is 5.97 Å². The Bertz CT molecular complexity index is 335. The first-order chi connectivity index (χ1) is 12.6. The minimum atomic E-state index is -0.255. The van der Waals surface area contributed by atoms with Gasteiger partial charge in [0, 0.05) is 5.57 Å². The van der Waals surface area contributed by atoms with Gasteiger partial charge in [0.1, 0.15) is 0 Å². The molecule has 0 aromatic rings. The number of esters is 1. The van der Waals surface area contributed by atoms with Gasteiger partial charge in [-0.1, -0.05) is 110 Å². The van der Waals surface area contributed by atoms with Gasteiger partial charge < -0.3 is 4.74 Å². The van der Waals surface area contributed by atoms with E-state index in [1.54, 1.807) is 6.92 Å². The van der Waals surface area contributed by atoms with Crippen LogP contribution in [0.15, 0.2) is 12.2 Å². The Hall–Kier alpha value is -0.790. The maximum Gasteiger partial charge on any atom is 0.333 e. The van der Waals surface area contributed by atoms with Crippen LogP contribution >= 0.6 is 0 Å². The minimum Gasteiger partial charge on any atom is -0.462 e. The van der Waals surface area contributed by atoms with E-state index < -0.39 is 0 Å². The molecule has 0 aliphatic rings. The second-order valence-electron chi connectivity index (χ2n) is 8.19. The molecule has 0 saturated heterocycles. The van der Waals surface area contributed by atoms with Crippen LogP contribution in [-0.4, -0.2) is 12.6 Å². The van der Waals surface area contributed by atoms with E-state index in [0.717, 1.165) is 18.8 Å². The van der Waals surface area contributed by atoms with Crippen LogP contribution in [0.5, 0.6) is 0 Å². The number of hydrogen-bond acceptors (Lipinski definition) is 2. The van der Waals surface area contributed by atoms with E-state index in [1.165, 1.54) is 89.9 Å². The first kappa shape index (κ1) is 25.2. The summed E-state index contributed by atoms with van der Waals surface area (Å²) in [5, 5.41) is 0. The Morgan fingerprint density at radius 3 is 1.65 bits per heavy atom. The zero-order chi connectivity index (χ0) is 19.5. The van der Waals surface area contributed by atoms with Gasteiger partial charge in [-0.05, 0) is 25.7 Å². The fourth-order valence-electron chi connectivity index (χ4n) is 3.36. The zero-order valence-electron chi connectivity index (χ0n) is 18.1. The molecular weight excluding hydrogens is 320 g/mol. The lowest BCUT2D eigenvalue weighted by atomic mass is 9.96. The molecule has 1 atom stereocenters. The van der Waals surface area contributed by atoms with Gasteiger partial charge in [-0.25, -0.2) is 4.79 Å². The average molecular weight is 367 g/mol. The van der Waals surface area contributed by atoms with Gasteiger partial charge in [0.2, 0.25) is 0 Å². The van der Waals surface area contributed by atoms with Crippen LogP contribution < -0.4 is 0 Å². The molecule has 0 aromatic heterocycles. The fraction of sp³-hybridized carbons (Fsp3) is 0.875. The van der Waals surface area contributed by atoms with Crippen LogP contribution in [0.1, 0.15) is 124 Å². The van der Waals surface area contributed by atoms with Gasteiger partial charge in [-0.15, -0.1) is 0 Å². The third-order valence-corrected chi connectivity index (χ3v) is 5.22. The second-order valence-corrected chi connectivity index (χ2v) is 8.19. The summed E-state index contributed by atoms with van der Waals surface area (Å²) in [5.41, 5.74) is 0.491. The summed E-state index contributed by atoms with van der Waals surface area (Å²) < 4.78 is 5.12. The van der Waals surface area contributed by atoms with E-state index >= 15 is 0 Å². The van der Waals surface area contributed by atoms with E-state index in [0.29, 0.717) is 12.2 Å². The van der Waals surface area contributed by atoms with Crippen LogP contribution in [0.25, 0.3) is 0 Å². The highest BCUT2D eigenvalue weighted by atomic mass is 16.5. The molecule has 0 radical (unpaired) electrons. The molecule has 0 heterocycles. The van der Waals surface area contributed by atoms with Crippen LogP contribution in [0, 0.1) is 5.92 Å². The molecule has 0 bridgehead atoms. The SMILES string of the molecule is C=C(C)C(=O)OCCCCC(C)CCCCCCCCCCCCCC. The van der Waals surface area contributed by atoms with Crippen molar-refractivity contribution in [1.29, 1.82) is 0 Å². The highest BCUT2D eigenvalue weighted by Gasteiger charge is 2.04. The van der Waals surface area contributed by atoms with Crippen LogP contribution in [0.3, 0.4) is 0 Å². The third-order valence-electron chi connectivity index (χ3n) is 5.22. The van der Waals surface area contributed by atoms with Crippen molar-refractivity contribution in [2.45, 2.75) is 124 Å². The lowest BCUT2D eigenvalue weighted by molar-refractivity contribution is -0.139. The van der Waals surface area contributed by atoms with E-state index in [1.807, 2.05) is 0 Å². The first-order valence-electron chi connectivity index (χ1n) is 11.4. The molecule has 0 aromatic carbocycles. The fourth-order valence-corrected chi connectivity index (χ4v) is 3.36. The number of carbonyl (C=O) groups is 1. The van der Waals surface area contributed by atoms with Crippen molar-refractivity contribution in [2.24, 2.45) is 5.92 Å². The molecule has 154 valence electrons. The van der Waals surface area contributed by atoms with Crippen molar-refractivity contribution < 1.29 is 9.53 Å². The zero-order valence-corrected chi connectivity index (χ0v) is 18.1. The monoisotopic (exact) mass is 366 g/mol. The lowest BCUT2D eigenvalue weighted by Crippen LogP contribution is -2.06. The first-order valence-corrected chi connectivity index (χ1v) is 11.4. The normalized spacial score (nSPS) is 12.1. The number of rotatable bonds is 19. The molecule has 0 fully saturated rings. The van der Waals surface area contributed by atoms with Gasteiger partial charge >= 0.3 is 5.97 Å². The van der Waals surface area contributed by atoms with Crippen molar-refractivity contribution >= 4 is 5.97 Å². The number of ether oxygens (including phenoxy) is 1. The number of carbonyl (C=O) groups excluding carboxylic acids is 1. The molecule has 0 N–H and O–H groups in total. The van der Waals surface area contributed by atoms with Crippen LogP contribution in [0.2, 0.25) is 0 Å². The van der Waals surface area contributed by atoms with Crippen molar-refractivity contribution in [2.75, 3.05) is 6.61 Å². The van der Waals surface area contributed by atoms with E-state index in [2.05, 4.69) is 20.4 Å². The molecule has 26 heavy (non-hydrogen) atoms. The molecule has 2 nitrogen and oxygen atoms in total. The van der Waals surface area contributed by atoms with Gasteiger partial charge in [0.05, 0.1) is 6.61 Å². The molecule has 0 spiro atoms. The molecule has 0 saturated carbocycles. The van der Waals surface area contributed by atoms with Crippen molar-refractivity contribution in [1.82, 2.24) is 0 Å². The van der Waals surface area contributed by atoms with E-state index in [9.17, 15) is 4.79 Å². The number of unbranched alkanes of at least 4 members (excludes halogenated alkanes) is 12. The molecule has 0 aliphatic carbocycles. The predicted octanol–water partition coefficient (Wildman–Crippen LogP) is 8.00. The van der Waals surface area contributed by atoms with Gasteiger partial charge in [0.25, 0.3) is 0 Å². The average Bonchev–Trinajstić information content (AvgIpc) is 2.62. The Morgan fingerprint density at radius 1 is 0.769 bits per heavy atom. The Morgan fingerprint density at radius 2 is 1.19 bits per heavy atom. The van der Waals surface area contributed by atoms with E-state index in [4.69, 9.17) is 4.74 Å². The van der Waals surface area contributed by atoms with Crippen LogP contribution in [0.4, 0.5) is 0 Å². The minimum absolute atomic E-state index is 0.255. The van der Waals surface area contributed by atoms with Gasteiger partial charge in [-0.2, -0.15) is 0 Å². The van der Waals surface area contributed by atoms with Crippen molar-refractivity contribution in [3.8, 4) is 0 Å². The summed E-state index contributed by atoms with van der Waals surface area (Å²) in [6.45, 7) is 10.5. The summed E-state index contributed by atoms with van der Waals surface area (Å²) in [7, 11) is 0. The molecule has 1 unspecified atom stereocenters. The predicted molar refractivity (Wildman–Crippen MR) is 114 cm³/mol. The number of hydrogen-bond donors (Lipinski definition) is 0. The highest BCUT2D eigenvalue weighted by Crippen LogP contribution is 2.18. The second kappa shape index (κ2) is 19.0. The Labute approximate surface area is 164 Å². The largest absolute Gasteiger partial charge is 0.462 e. The molecule has 2 heteroatoms. The lowest BCUT2D eigenvalue weighted by Gasteiger charge is -2.11. The van der Waals surface area contributed by atoms with Crippen molar-refractivity contribution in [3.63, 3.8) is 0 Å². The topological polar surface area (TPSA) is 26.3 Å². The van der Waals surface area contributed by atoms with Crippen LogP contribution in [-0.2, 0) is 9.53 Å². The summed E-state index contributed by atoms with van der Waals surface area (Å²) in [5.74, 6) is 0.546. The summed E-state index contributed by atoms with van der Waals surface area (Å²) in [6, 6.07) is 0. The Kier molecular flexibility index (Phi) is 18.4. The van der Waals surface area contributed by atoms with Gasteiger partial charge in [0.15, 0.2) is 0 Å². The van der Waals surface area contributed by atoms with Gasteiger partial charge in [-0.3, -0.25) is 0 Å². The molecule has 0 amide bonds. The Balaban J connectivity index is 3.23. The molecule has 0 aliphatic heterocycles. The molecular formula is C24H46O2. The summed E-state index contributed by atoms with van der Waals surface area (Å²) >= 11 is 0. The highest BCUT2D eigenvalue weighted by molar-refractivity contribution is 5.86. The quantitative estimate of drug-likeness (QED) is 0.131. The maximum absolute atomic E-state index is 11.3. The standard InChI is InChI=1S/C24H46O2/c1-5-6-7-8-9-10-11-12-13-14-15-16-19-23(4)20-17-18-21-26-24(25)22(2)3/h23H,2,5-21H2,1,3-4H3. The summed E-state index contributed by atoms with van der Waals surface area (Å²) in [6.07, 6.45) is 21.8. The molecule has 0 rings (SSSR count). The smallest absolute Gasteiger partial charge is 0.333 e. The van der Waals surface area contributed by atoms with Crippen molar-refractivity contribution in [3.05, 3.63) is 12.2 Å².